The summed E-state index contributed by atoms with van der Waals surface area (Å²) in [6.07, 6.45) is 3.48. The van der Waals surface area contributed by atoms with Crippen LogP contribution >= 0.6 is 0 Å². The maximum atomic E-state index is 11.9. The van der Waals surface area contributed by atoms with Crippen molar-refractivity contribution in [3.05, 3.63) is 0 Å². The number of hydrogen-bond acceptors (Lipinski definition) is 4. The van der Waals surface area contributed by atoms with Gasteiger partial charge < -0.3 is 14.7 Å². The molecule has 0 aromatic carbocycles. The van der Waals surface area contributed by atoms with Gasteiger partial charge in [-0.2, -0.15) is 0 Å². The van der Waals surface area contributed by atoms with Gasteiger partial charge in [-0.3, -0.25) is 9.69 Å². The first-order valence-corrected chi connectivity index (χ1v) is 5.94. The van der Waals surface area contributed by atoms with Crippen molar-refractivity contribution in [2.24, 2.45) is 0 Å². The Morgan fingerprint density at radius 1 is 1.50 bits per heavy atom. The van der Waals surface area contributed by atoms with E-state index in [0.29, 0.717) is 6.61 Å². The van der Waals surface area contributed by atoms with Crippen LogP contribution in [0.15, 0.2) is 0 Å². The van der Waals surface area contributed by atoms with Crippen LogP contribution in [-0.4, -0.2) is 66.4 Å². The van der Waals surface area contributed by atoms with Gasteiger partial charge in [-0.1, -0.05) is 0 Å². The molecule has 1 N–H and O–H groups in total. The monoisotopic (exact) mass is 228 g/mol. The Labute approximate surface area is 96.0 Å². The minimum atomic E-state index is -0.174. The van der Waals surface area contributed by atoms with Crippen LogP contribution in [0.2, 0.25) is 0 Å². The summed E-state index contributed by atoms with van der Waals surface area (Å²) in [5, 5.41) is 9.30. The largest absolute Gasteiger partial charge is 0.394 e. The van der Waals surface area contributed by atoms with Crippen molar-refractivity contribution in [2.45, 2.75) is 31.5 Å². The van der Waals surface area contributed by atoms with Crippen LogP contribution in [0.3, 0.4) is 0 Å². The lowest BCUT2D eigenvalue weighted by molar-refractivity contribution is -0.162. The van der Waals surface area contributed by atoms with Crippen molar-refractivity contribution >= 4 is 5.91 Å². The zero-order valence-electron chi connectivity index (χ0n) is 9.76. The van der Waals surface area contributed by atoms with Gasteiger partial charge in [0, 0.05) is 0 Å². The lowest BCUT2D eigenvalue weighted by atomic mass is 10.1. The number of ether oxygens (including phenoxy) is 1. The Hall–Kier alpha value is -0.650. The Morgan fingerprint density at radius 2 is 2.31 bits per heavy atom. The summed E-state index contributed by atoms with van der Waals surface area (Å²) < 4.78 is 5.17. The van der Waals surface area contributed by atoms with Gasteiger partial charge in [0.25, 0.3) is 0 Å². The third-order valence-electron chi connectivity index (χ3n) is 3.48. The lowest BCUT2D eigenvalue weighted by Gasteiger charge is -2.45. The number of nitrogens with zero attached hydrogens (tertiary/aromatic N) is 2. The maximum Gasteiger partial charge on any atom is 0.250 e. The number of rotatable bonds is 2. The van der Waals surface area contributed by atoms with E-state index in [2.05, 4.69) is 4.90 Å². The highest BCUT2D eigenvalue weighted by molar-refractivity contribution is 5.78. The van der Waals surface area contributed by atoms with E-state index in [-0.39, 0.29) is 31.3 Å². The predicted molar refractivity (Wildman–Crippen MR) is 58.8 cm³/mol. The molecule has 0 radical (unpaired) electrons. The highest BCUT2D eigenvalue weighted by atomic mass is 16.5. The van der Waals surface area contributed by atoms with Crippen LogP contribution in [-0.2, 0) is 9.53 Å². The van der Waals surface area contributed by atoms with Crippen molar-refractivity contribution < 1.29 is 14.6 Å². The Bertz CT molecular complexity index is 260. The molecule has 0 saturated carbocycles. The summed E-state index contributed by atoms with van der Waals surface area (Å²) in [5.74, 6) is 0.00375. The molecule has 0 aromatic heterocycles. The second-order valence-electron chi connectivity index (χ2n) is 4.61. The quantitative estimate of drug-likeness (QED) is 0.702. The minimum absolute atomic E-state index is 0.00375. The number of aliphatic hydroxyl groups is 1. The van der Waals surface area contributed by atoms with Crippen molar-refractivity contribution in [3.63, 3.8) is 0 Å². The summed E-state index contributed by atoms with van der Waals surface area (Å²) >= 11 is 0. The van der Waals surface area contributed by atoms with Gasteiger partial charge in [-0.25, -0.2) is 0 Å². The number of morpholine rings is 1. The molecule has 5 heteroatoms. The van der Waals surface area contributed by atoms with E-state index in [9.17, 15) is 9.90 Å². The second kappa shape index (κ2) is 5.12. The van der Waals surface area contributed by atoms with E-state index in [1.165, 1.54) is 6.42 Å². The molecule has 0 aliphatic carbocycles. The first-order valence-electron chi connectivity index (χ1n) is 5.94. The molecule has 2 rings (SSSR count). The van der Waals surface area contributed by atoms with Gasteiger partial charge in [0.05, 0.1) is 25.4 Å². The van der Waals surface area contributed by atoms with Crippen LogP contribution < -0.4 is 0 Å². The van der Waals surface area contributed by atoms with Gasteiger partial charge in [0.15, 0.2) is 0 Å². The number of amides is 1. The highest BCUT2D eigenvalue weighted by Gasteiger charge is 2.36. The summed E-state index contributed by atoms with van der Waals surface area (Å²) in [7, 11) is 2.04. The zero-order chi connectivity index (χ0) is 11.5. The molecule has 2 atom stereocenters. The average Bonchev–Trinajstić information content (AvgIpc) is 2.30. The number of carbonyl (C=O) groups excluding carboxylic acids is 1. The zero-order valence-corrected chi connectivity index (χ0v) is 9.76. The van der Waals surface area contributed by atoms with E-state index in [0.717, 1.165) is 19.4 Å². The average molecular weight is 228 g/mol. The van der Waals surface area contributed by atoms with Crippen molar-refractivity contribution in [3.8, 4) is 0 Å². The molecule has 2 heterocycles. The molecule has 0 aromatic rings. The number of carbonyl (C=O) groups is 1. The summed E-state index contributed by atoms with van der Waals surface area (Å²) in [6, 6.07) is -0.174. The standard InChI is InChI=1S/C11H20N2O3/c1-12-5-3-2-4-10(12)13-9(6-14)7-16-8-11(13)15/h9-10,14H,2-8H2,1H3. The molecule has 2 fully saturated rings. The third-order valence-corrected chi connectivity index (χ3v) is 3.48. The fourth-order valence-corrected chi connectivity index (χ4v) is 2.60. The molecule has 0 spiro atoms. The SMILES string of the molecule is CN1CCCCC1N1C(=O)COCC1CO. The van der Waals surface area contributed by atoms with E-state index >= 15 is 0 Å². The number of likely N-dealkylation sites (tertiary alicyclic amines) is 1. The molecule has 2 saturated heterocycles. The predicted octanol–water partition coefficient (Wildman–Crippen LogP) is -0.352. The Kier molecular flexibility index (Phi) is 3.78. The van der Waals surface area contributed by atoms with Crippen LogP contribution in [0.5, 0.6) is 0 Å². The maximum absolute atomic E-state index is 11.9. The van der Waals surface area contributed by atoms with Crippen LogP contribution in [0.4, 0.5) is 0 Å². The van der Waals surface area contributed by atoms with Crippen LogP contribution in [0, 0.1) is 0 Å². The van der Waals surface area contributed by atoms with Gasteiger partial charge in [0.1, 0.15) is 6.61 Å². The molecule has 2 unspecified atom stereocenters. The van der Waals surface area contributed by atoms with Gasteiger partial charge >= 0.3 is 0 Å². The van der Waals surface area contributed by atoms with Crippen LogP contribution in [0.1, 0.15) is 19.3 Å². The molecular weight excluding hydrogens is 208 g/mol. The summed E-state index contributed by atoms with van der Waals surface area (Å²) in [5.41, 5.74) is 0. The highest BCUT2D eigenvalue weighted by Crippen LogP contribution is 2.22. The molecule has 5 nitrogen and oxygen atoms in total. The number of aliphatic hydroxyl groups excluding tert-OH is 1. The van der Waals surface area contributed by atoms with E-state index in [1.807, 2.05) is 11.9 Å². The van der Waals surface area contributed by atoms with E-state index < -0.39 is 0 Å². The number of piperidine rings is 1. The first kappa shape index (κ1) is 11.8. The molecule has 1 amide bonds. The van der Waals surface area contributed by atoms with Crippen molar-refractivity contribution in [1.82, 2.24) is 9.80 Å². The minimum Gasteiger partial charge on any atom is -0.394 e. The third kappa shape index (κ3) is 2.21. The lowest BCUT2D eigenvalue weighted by Crippen LogP contribution is -2.61. The first-order chi connectivity index (χ1) is 7.74. The molecule has 2 aliphatic heterocycles. The van der Waals surface area contributed by atoms with Gasteiger partial charge in [0.2, 0.25) is 5.91 Å². The molecule has 16 heavy (non-hydrogen) atoms. The van der Waals surface area contributed by atoms with Crippen LogP contribution in [0.25, 0.3) is 0 Å². The molecular formula is C11H20N2O3. The topological polar surface area (TPSA) is 53.0 Å². The molecule has 2 aliphatic rings. The Morgan fingerprint density at radius 3 is 3.00 bits per heavy atom. The summed E-state index contributed by atoms with van der Waals surface area (Å²) in [4.78, 5) is 15.9. The Balaban J connectivity index is 2.10. The van der Waals surface area contributed by atoms with Crippen molar-refractivity contribution in [2.75, 3.05) is 33.4 Å². The van der Waals surface area contributed by atoms with Gasteiger partial charge in [-0.15, -0.1) is 0 Å². The fourth-order valence-electron chi connectivity index (χ4n) is 2.60. The molecule has 92 valence electrons. The normalized spacial score (nSPS) is 33.1. The van der Waals surface area contributed by atoms with Gasteiger partial charge in [-0.05, 0) is 32.9 Å². The van der Waals surface area contributed by atoms with Crippen molar-refractivity contribution in [1.29, 1.82) is 0 Å². The second-order valence-corrected chi connectivity index (χ2v) is 4.61. The summed E-state index contributed by atoms with van der Waals surface area (Å²) in [6.45, 7) is 1.61. The smallest absolute Gasteiger partial charge is 0.250 e. The van der Waals surface area contributed by atoms with E-state index in [1.54, 1.807) is 0 Å². The van der Waals surface area contributed by atoms with E-state index in [4.69, 9.17) is 4.74 Å². The fraction of sp³-hybridized carbons (Fsp3) is 0.909. The number of hydrogen-bond donors (Lipinski definition) is 1. The molecule has 0 bridgehead atoms.